The molecule has 3 aromatic rings. The number of carbonyl (C=O) groups excluding carboxylic acids is 3. The Morgan fingerprint density at radius 3 is 2.33 bits per heavy atom. The molecular formula is C43H55N3O11S. The number of aromatic nitrogens is 1. The van der Waals surface area contributed by atoms with Crippen LogP contribution >= 0.6 is 11.3 Å². The Labute approximate surface area is 342 Å². The molecule has 3 aliphatic rings. The van der Waals surface area contributed by atoms with Crippen molar-refractivity contribution in [3.05, 3.63) is 47.3 Å². The van der Waals surface area contributed by atoms with Gasteiger partial charge >= 0.3 is 11.8 Å². The number of aliphatic hydroxyl groups is 2. The number of allylic oxidation sites excluding steroid dienone is 2. The van der Waals surface area contributed by atoms with Crippen LogP contribution in [0.4, 0.5) is 10.8 Å². The van der Waals surface area contributed by atoms with Crippen molar-refractivity contribution in [2.45, 2.75) is 105 Å². The number of amides is 1. The maximum atomic E-state index is 14.6. The van der Waals surface area contributed by atoms with E-state index in [9.17, 15) is 34.8 Å². The molecule has 3 aliphatic heterocycles. The number of phenols is 2. The zero-order valence-corrected chi connectivity index (χ0v) is 35.3. The quantitative estimate of drug-likeness (QED) is 0.139. The number of phenolic OH excluding ortho intramolecular Hbond substituents is 2. The zero-order valence-electron chi connectivity index (χ0n) is 34.5. The summed E-state index contributed by atoms with van der Waals surface area (Å²) in [5, 5.41) is 50.2. The van der Waals surface area contributed by atoms with Crippen LogP contribution in [-0.4, -0.2) is 93.5 Å². The number of esters is 1. The van der Waals surface area contributed by atoms with E-state index in [4.69, 9.17) is 23.9 Å². The van der Waals surface area contributed by atoms with Gasteiger partial charge in [-0.3, -0.25) is 14.4 Å². The van der Waals surface area contributed by atoms with E-state index in [-0.39, 0.29) is 44.7 Å². The first-order valence-corrected chi connectivity index (χ1v) is 20.6. The third kappa shape index (κ3) is 7.76. The molecule has 1 saturated heterocycles. The highest BCUT2D eigenvalue weighted by Crippen LogP contribution is 2.55. The number of thiazole rings is 1. The van der Waals surface area contributed by atoms with Gasteiger partial charge in [-0.2, -0.15) is 0 Å². The molecule has 0 saturated carbocycles. The Bertz CT molecular complexity index is 2190. The zero-order chi connectivity index (χ0) is 42.4. The van der Waals surface area contributed by atoms with Crippen molar-refractivity contribution in [1.29, 1.82) is 0 Å². The van der Waals surface area contributed by atoms with Gasteiger partial charge in [0.2, 0.25) is 0 Å². The van der Waals surface area contributed by atoms with Crippen LogP contribution in [0, 0.1) is 30.6 Å². The molecule has 314 valence electrons. The Balaban J connectivity index is 1.54. The smallest absolute Gasteiger partial charge is 0.312 e. The molecule has 5 N–H and O–H groups in total. The van der Waals surface area contributed by atoms with Crippen molar-refractivity contribution in [2.24, 2.45) is 23.7 Å². The SMILES string of the molecule is CO[C@H]1/C=C/O[C@@]2(C)Oc3c(C)c(O)c4c(O)c(c5sc(N6CCCCC6)nc5c4c3C2=O)NC(=O)/C(C)=C\C=C\[C@H](C)[C@H](O)[C@@H](C)[C@@H](O)[C@@H](C)[C@H](OC(C)=O)[C@@H]1C. The molecule has 58 heavy (non-hydrogen) atoms. The maximum Gasteiger partial charge on any atom is 0.312 e. The predicted octanol–water partition coefficient (Wildman–Crippen LogP) is 6.65. The third-order valence-corrected chi connectivity index (χ3v) is 13.1. The van der Waals surface area contributed by atoms with Gasteiger partial charge in [0.05, 0.1) is 45.7 Å². The van der Waals surface area contributed by atoms with Gasteiger partial charge in [-0.05, 0) is 39.2 Å². The predicted molar refractivity (Wildman–Crippen MR) is 221 cm³/mol. The van der Waals surface area contributed by atoms with Crippen LogP contribution in [-0.2, 0) is 23.8 Å². The fourth-order valence-corrected chi connectivity index (χ4v) is 9.46. The summed E-state index contributed by atoms with van der Waals surface area (Å²) in [5.41, 5.74) is 0.835. The number of methoxy groups -OCH3 is 1. The normalized spacial score (nSPS) is 32.1. The minimum Gasteiger partial charge on any atom is -0.507 e. The first-order chi connectivity index (χ1) is 27.4. The van der Waals surface area contributed by atoms with Crippen LogP contribution in [0.15, 0.2) is 36.1 Å². The maximum absolute atomic E-state index is 14.6. The van der Waals surface area contributed by atoms with E-state index in [0.717, 1.165) is 32.4 Å². The Morgan fingerprint density at radius 2 is 1.67 bits per heavy atom. The van der Waals surface area contributed by atoms with E-state index in [0.29, 0.717) is 15.3 Å². The summed E-state index contributed by atoms with van der Waals surface area (Å²) in [7, 11) is 1.47. The van der Waals surface area contributed by atoms with Gasteiger partial charge in [0.25, 0.3) is 11.7 Å². The van der Waals surface area contributed by atoms with Crippen LogP contribution in [0.25, 0.3) is 21.0 Å². The van der Waals surface area contributed by atoms with E-state index in [2.05, 4.69) is 10.2 Å². The van der Waals surface area contributed by atoms with E-state index < -0.39 is 77.3 Å². The first-order valence-electron chi connectivity index (χ1n) is 19.8. The lowest BCUT2D eigenvalue weighted by Crippen LogP contribution is -2.46. The van der Waals surface area contributed by atoms with Crippen molar-refractivity contribution >= 4 is 60.8 Å². The second kappa shape index (κ2) is 16.9. The summed E-state index contributed by atoms with van der Waals surface area (Å²) in [4.78, 5) is 47.9. The van der Waals surface area contributed by atoms with Crippen LogP contribution in [0.1, 0.15) is 83.7 Å². The number of hydrogen-bond donors (Lipinski definition) is 5. The van der Waals surface area contributed by atoms with Crippen molar-refractivity contribution in [3.8, 4) is 17.2 Å². The summed E-state index contributed by atoms with van der Waals surface area (Å²) >= 11 is 1.27. The summed E-state index contributed by atoms with van der Waals surface area (Å²) < 4.78 is 24.3. The molecule has 14 nitrogen and oxygen atoms in total. The van der Waals surface area contributed by atoms with Crippen LogP contribution in [0.5, 0.6) is 17.2 Å². The Kier molecular flexibility index (Phi) is 12.5. The van der Waals surface area contributed by atoms with E-state index in [1.54, 1.807) is 65.8 Å². The largest absolute Gasteiger partial charge is 0.507 e. The number of ether oxygens (including phenoxy) is 4. The lowest BCUT2D eigenvalue weighted by Gasteiger charge is -2.38. The molecule has 4 bridgehead atoms. The number of anilines is 2. The Morgan fingerprint density at radius 1 is 0.983 bits per heavy atom. The van der Waals surface area contributed by atoms with Crippen LogP contribution in [0.3, 0.4) is 0 Å². The number of carbonyl (C=O) groups is 3. The Hall–Kier alpha value is -4.70. The number of aliphatic hydroxyl groups excluding tert-OH is 2. The third-order valence-electron chi connectivity index (χ3n) is 12.0. The molecule has 1 aromatic heterocycles. The fourth-order valence-electron chi connectivity index (χ4n) is 8.33. The molecule has 1 fully saturated rings. The lowest BCUT2D eigenvalue weighted by molar-refractivity contribution is -0.160. The summed E-state index contributed by atoms with van der Waals surface area (Å²) in [6, 6.07) is 0. The molecule has 0 unspecified atom stereocenters. The number of Topliss-reactive ketones (excluding diaryl/α,β-unsaturated/α-hetero) is 1. The number of nitrogens with one attached hydrogen (secondary N) is 1. The number of hydrogen-bond acceptors (Lipinski definition) is 14. The molecular weight excluding hydrogens is 767 g/mol. The molecule has 0 spiro atoms. The highest BCUT2D eigenvalue weighted by molar-refractivity contribution is 7.23. The highest BCUT2D eigenvalue weighted by Gasteiger charge is 2.50. The summed E-state index contributed by atoms with van der Waals surface area (Å²) in [5.74, 6) is -6.70. The summed E-state index contributed by atoms with van der Waals surface area (Å²) in [6.45, 7) is 14.4. The molecule has 2 aromatic carbocycles. The van der Waals surface area contributed by atoms with Gasteiger partial charge < -0.3 is 49.6 Å². The average Bonchev–Trinajstić information content (AvgIpc) is 3.76. The van der Waals surface area contributed by atoms with Gasteiger partial charge in [0.15, 0.2) is 10.9 Å². The molecule has 0 aliphatic carbocycles. The molecule has 9 atom stereocenters. The van der Waals surface area contributed by atoms with Gasteiger partial charge in [0, 0.05) is 74.2 Å². The molecule has 4 heterocycles. The monoisotopic (exact) mass is 821 g/mol. The van der Waals surface area contributed by atoms with Crippen molar-refractivity contribution in [1.82, 2.24) is 4.98 Å². The van der Waals surface area contributed by atoms with Gasteiger partial charge in [-0.1, -0.05) is 57.3 Å². The molecule has 15 heteroatoms. The van der Waals surface area contributed by atoms with Crippen molar-refractivity contribution in [3.63, 3.8) is 0 Å². The van der Waals surface area contributed by atoms with Crippen LogP contribution in [0.2, 0.25) is 0 Å². The van der Waals surface area contributed by atoms with E-state index >= 15 is 0 Å². The number of benzene rings is 2. The van der Waals surface area contributed by atoms with Crippen molar-refractivity contribution < 1.29 is 53.8 Å². The minimum atomic E-state index is -1.93. The van der Waals surface area contributed by atoms with Crippen molar-refractivity contribution in [2.75, 3.05) is 30.4 Å². The fraction of sp³-hybridized carbons (Fsp3) is 0.535. The molecule has 1 amide bonds. The topological polar surface area (TPSA) is 197 Å². The van der Waals surface area contributed by atoms with E-state index in [1.807, 2.05) is 0 Å². The second-order valence-corrected chi connectivity index (χ2v) is 17.1. The average molecular weight is 822 g/mol. The first kappa shape index (κ1) is 42.9. The number of rotatable bonds is 3. The van der Waals surface area contributed by atoms with Gasteiger partial charge in [-0.25, -0.2) is 4.98 Å². The van der Waals surface area contributed by atoms with E-state index in [1.165, 1.54) is 38.6 Å². The van der Waals surface area contributed by atoms with Gasteiger partial charge in [0.1, 0.15) is 23.3 Å². The van der Waals surface area contributed by atoms with Crippen LogP contribution < -0.4 is 15.0 Å². The number of ketones is 1. The van der Waals surface area contributed by atoms with Gasteiger partial charge in [-0.15, -0.1) is 0 Å². The lowest BCUT2D eigenvalue weighted by atomic mass is 9.78. The molecule has 0 radical (unpaired) electrons. The highest BCUT2D eigenvalue weighted by atomic mass is 32.1. The number of piperidine rings is 1. The number of nitrogens with zero attached hydrogens (tertiary/aromatic N) is 2. The standard InChI is InChI=1S/C43H55N3O11S/c1-20-14-13-15-21(2)41(53)44-32-36(51)29-28(31-39(32)58-42(45-31)46-17-11-10-12-18-46)30-38(25(6)35(29)50)57-43(8,40(30)52)55-19-16-27(54-9)22(3)37(56-26(7)47)24(5)34(49)23(4)33(20)48/h13-16,19-20,22-24,27,33-34,37,48-51H,10-12,17-18H2,1-9H3,(H,44,53)/b14-13+,19-16+,21-15-/t20-,22+,23+,24+,27-,33-,34+,37+,43-/m0/s1. The minimum absolute atomic E-state index is 0.0370. The number of aromatic hydroxyl groups is 2. The second-order valence-electron chi connectivity index (χ2n) is 16.1. The summed E-state index contributed by atoms with van der Waals surface area (Å²) in [6.07, 6.45) is 7.03. The number of fused-ring (bicyclic) bond motifs is 1. The molecule has 6 rings (SSSR count).